The number of nitrogens with two attached hydrogens (primary N) is 1. The highest BCUT2D eigenvalue weighted by Crippen LogP contribution is 2.29. The average Bonchev–Trinajstić information content (AvgIpc) is 2.39. The normalized spacial score (nSPS) is 12.3. The van der Waals surface area contributed by atoms with Crippen LogP contribution in [0.15, 0.2) is 24.3 Å². The van der Waals surface area contributed by atoms with Crippen molar-refractivity contribution in [3.05, 3.63) is 57.9 Å². The Balaban J connectivity index is 2.47. The third-order valence-electron chi connectivity index (χ3n) is 3.58. The number of ether oxygens (including phenoxy) is 1. The summed E-state index contributed by atoms with van der Waals surface area (Å²) in [6, 6.07) is 8.13. The molecule has 0 fully saturated rings. The van der Waals surface area contributed by atoms with E-state index in [1.807, 2.05) is 26.8 Å². The first-order chi connectivity index (χ1) is 9.42. The third-order valence-corrected chi connectivity index (χ3v) is 3.58. The molecule has 0 saturated carbocycles. The summed E-state index contributed by atoms with van der Waals surface area (Å²) in [6.07, 6.45) is 0. The van der Waals surface area contributed by atoms with E-state index >= 15 is 0 Å². The van der Waals surface area contributed by atoms with Crippen molar-refractivity contribution in [1.82, 2.24) is 4.98 Å². The largest absolute Gasteiger partial charge is 0.496 e. The van der Waals surface area contributed by atoms with Gasteiger partial charge in [0.2, 0.25) is 0 Å². The van der Waals surface area contributed by atoms with E-state index in [4.69, 9.17) is 10.5 Å². The number of pyridine rings is 1. The number of rotatable bonds is 3. The Labute approximate surface area is 120 Å². The summed E-state index contributed by atoms with van der Waals surface area (Å²) in [6.45, 7) is 8.10. The fraction of sp³-hybridized carbons (Fsp3) is 0.353. The minimum absolute atomic E-state index is 0.139. The quantitative estimate of drug-likeness (QED) is 0.930. The Hall–Kier alpha value is -1.87. The highest BCUT2D eigenvalue weighted by atomic mass is 16.5. The number of aryl methyl sites for hydroxylation is 4. The van der Waals surface area contributed by atoms with Crippen molar-refractivity contribution in [3.63, 3.8) is 0 Å². The van der Waals surface area contributed by atoms with E-state index in [-0.39, 0.29) is 6.04 Å². The number of methoxy groups -OCH3 is 1. The highest BCUT2D eigenvalue weighted by Gasteiger charge is 2.14. The molecule has 0 spiro atoms. The van der Waals surface area contributed by atoms with Gasteiger partial charge in [0, 0.05) is 11.4 Å². The fourth-order valence-electron chi connectivity index (χ4n) is 2.59. The van der Waals surface area contributed by atoms with Gasteiger partial charge in [-0.3, -0.25) is 4.98 Å². The first kappa shape index (κ1) is 14.5. The lowest BCUT2D eigenvalue weighted by atomic mass is 9.93. The van der Waals surface area contributed by atoms with E-state index < -0.39 is 0 Å². The minimum Gasteiger partial charge on any atom is -0.496 e. The second-order valence-corrected chi connectivity index (χ2v) is 5.34. The van der Waals surface area contributed by atoms with Crippen LogP contribution in [-0.2, 0) is 0 Å². The zero-order valence-electron chi connectivity index (χ0n) is 12.8. The number of nitrogens with zero attached hydrogens (tertiary/aromatic N) is 1. The Morgan fingerprint density at radius 1 is 0.950 bits per heavy atom. The van der Waals surface area contributed by atoms with Crippen molar-refractivity contribution < 1.29 is 4.74 Å². The van der Waals surface area contributed by atoms with E-state index in [0.717, 1.165) is 39.4 Å². The molecule has 1 heterocycles. The molecule has 2 N–H and O–H groups in total. The van der Waals surface area contributed by atoms with Crippen LogP contribution in [-0.4, -0.2) is 12.1 Å². The molecule has 0 saturated heterocycles. The van der Waals surface area contributed by atoms with Crippen molar-refractivity contribution in [2.24, 2.45) is 5.73 Å². The van der Waals surface area contributed by atoms with Crippen molar-refractivity contribution in [3.8, 4) is 5.75 Å². The van der Waals surface area contributed by atoms with Crippen molar-refractivity contribution in [2.75, 3.05) is 7.11 Å². The van der Waals surface area contributed by atoms with E-state index in [2.05, 4.69) is 30.1 Å². The van der Waals surface area contributed by atoms with Crippen LogP contribution in [0.5, 0.6) is 5.75 Å². The molecule has 1 aromatic carbocycles. The van der Waals surface area contributed by atoms with Gasteiger partial charge in [0.1, 0.15) is 5.75 Å². The lowest BCUT2D eigenvalue weighted by Crippen LogP contribution is -2.14. The van der Waals surface area contributed by atoms with Gasteiger partial charge >= 0.3 is 0 Å². The zero-order chi connectivity index (χ0) is 14.9. The number of aromatic nitrogens is 1. The van der Waals surface area contributed by atoms with E-state index in [0.29, 0.717) is 0 Å². The van der Waals surface area contributed by atoms with Crippen LogP contribution in [0.4, 0.5) is 0 Å². The number of hydrogen-bond donors (Lipinski definition) is 1. The lowest BCUT2D eigenvalue weighted by molar-refractivity contribution is 0.411. The standard InChI is InChI=1S/C17H22N2O/c1-10-7-16(20-5)11(2)6-15(10)17(18)14-8-12(3)19-13(4)9-14/h6-9,17H,18H2,1-5H3. The van der Waals surface area contributed by atoms with Crippen LogP contribution >= 0.6 is 0 Å². The molecule has 2 aromatic rings. The topological polar surface area (TPSA) is 48.1 Å². The van der Waals surface area contributed by atoms with Crippen LogP contribution in [0.1, 0.15) is 39.7 Å². The SMILES string of the molecule is COc1cc(C)c(C(N)c2cc(C)nc(C)c2)cc1C. The fourth-order valence-corrected chi connectivity index (χ4v) is 2.59. The summed E-state index contributed by atoms with van der Waals surface area (Å²) < 4.78 is 5.35. The first-order valence-corrected chi connectivity index (χ1v) is 6.78. The molecule has 0 aliphatic heterocycles. The van der Waals surface area contributed by atoms with Gasteiger partial charge in [-0.15, -0.1) is 0 Å². The number of benzene rings is 1. The molecule has 0 amide bonds. The summed E-state index contributed by atoms with van der Waals surface area (Å²) in [5, 5.41) is 0. The molecule has 0 aliphatic carbocycles. The summed E-state index contributed by atoms with van der Waals surface area (Å²) in [4.78, 5) is 4.40. The molecule has 0 bridgehead atoms. The Bertz CT molecular complexity index is 615. The third kappa shape index (κ3) is 2.83. The zero-order valence-corrected chi connectivity index (χ0v) is 12.8. The molecule has 0 aliphatic rings. The van der Waals surface area contributed by atoms with Crippen molar-refractivity contribution in [2.45, 2.75) is 33.7 Å². The molecule has 3 heteroatoms. The van der Waals surface area contributed by atoms with Gasteiger partial charge < -0.3 is 10.5 Å². The molecule has 20 heavy (non-hydrogen) atoms. The van der Waals surface area contributed by atoms with Crippen LogP contribution in [0, 0.1) is 27.7 Å². The van der Waals surface area contributed by atoms with Crippen LogP contribution in [0.3, 0.4) is 0 Å². The Morgan fingerprint density at radius 3 is 2.10 bits per heavy atom. The molecule has 3 nitrogen and oxygen atoms in total. The molecular formula is C17H22N2O. The summed E-state index contributed by atoms with van der Waals surface area (Å²) >= 11 is 0. The Morgan fingerprint density at radius 2 is 1.55 bits per heavy atom. The number of hydrogen-bond acceptors (Lipinski definition) is 3. The maximum Gasteiger partial charge on any atom is 0.122 e. The van der Waals surface area contributed by atoms with Crippen molar-refractivity contribution in [1.29, 1.82) is 0 Å². The molecule has 1 aromatic heterocycles. The van der Waals surface area contributed by atoms with E-state index in [1.165, 1.54) is 0 Å². The van der Waals surface area contributed by atoms with Gasteiger partial charge in [-0.05, 0) is 68.1 Å². The van der Waals surface area contributed by atoms with Gasteiger partial charge in [0.05, 0.1) is 13.2 Å². The molecule has 1 atom stereocenters. The molecular weight excluding hydrogens is 248 g/mol. The van der Waals surface area contributed by atoms with Crippen LogP contribution in [0.25, 0.3) is 0 Å². The average molecular weight is 270 g/mol. The van der Waals surface area contributed by atoms with E-state index in [1.54, 1.807) is 7.11 Å². The predicted molar refractivity (Wildman–Crippen MR) is 82.2 cm³/mol. The monoisotopic (exact) mass is 270 g/mol. The second kappa shape index (κ2) is 5.63. The van der Waals surface area contributed by atoms with Crippen molar-refractivity contribution >= 4 is 0 Å². The predicted octanol–water partition coefficient (Wildman–Crippen LogP) is 3.37. The van der Waals surface area contributed by atoms with Gasteiger partial charge in [0.15, 0.2) is 0 Å². The maximum absolute atomic E-state index is 6.45. The van der Waals surface area contributed by atoms with Gasteiger partial charge in [-0.1, -0.05) is 6.07 Å². The van der Waals surface area contributed by atoms with Gasteiger partial charge in [0.25, 0.3) is 0 Å². The highest BCUT2D eigenvalue weighted by molar-refractivity contribution is 5.45. The summed E-state index contributed by atoms with van der Waals surface area (Å²) in [5.74, 6) is 0.903. The molecule has 1 unspecified atom stereocenters. The van der Waals surface area contributed by atoms with Crippen LogP contribution in [0.2, 0.25) is 0 Å². The minimum atomic E-state index is -0.139. The maximum atomic E-state index is 6.45. The van der Waals surface area contributed by atoms with Crippen LogP contribution < -0.4 is 10.5 Å². The first-order valence-electron chi connectivity index (χ1n) is 6.78. The van der Waals surface area contributed by atoms with E-state index in [9.17, 15) is 0 Å². The second-order valence-electron chi connectivity index (χ2n) is 5.34. The molecule has 0 radical (unpaired) electrons. The summed E-state index contributed by atoms with van der Waals surface area (Å²) in [7, 11) is 1.69. The van der Waals surface area contributed by atoms with Gasteiger partial charge in [-0.2, -0.15) is 0 Å². The molecule has 106 valence electrons. The summed E-state index contributed by atoms with van der Waals surface area (Å²) in [5.41, 5.74) is 12.9. The lowest BCUT2D eigenvalue weighted by Gasteiger charge is -2.18. The smallest absolute Gasteiger partial charge is 0.122 e. The molecule has 2 rings (SSSR count). The Kier molecular flexibility index (Phi) is 4.09. The van der Waals surface area contributed by atoms with Gasteiger partial charge in [-0.25, -0.2) is 0 Å².